The van der Waals surface area contributed by atoms with Gasteiger partial charge in [0, 0.05) is 0 Å². The Labute approximate surface area is 74.2 Å². The highest BCUT2D eigenvalue weighted by Crippen LogP contribution is 2.09. The summed E-state index contributed by atoms with van der Waals surface area (Å²) in [6.45, 7) is -1.83. The van der Waals surface area contributed by atoms with E-state index in [0.29, 0.717) is 0 Å². The van der Waals surface area contributed by atoms with Gasteiger partial charge < -0.3 is 0 Å². The van der Waals surface area contributed by atoms with E-state index < -0.39 is 48.9 Å². The summed E-state index contributed by atoms with van der Waals surface area (Å²) in [5.74, 6) is 0. The zero-order chi connectivity index (χ0) is 14.9. The van der Waals surface area contributed by atoms with E-state index in [9.17, 15) is 0 Å². The molecule has 1 aromatic rings. The van der Waals surface area contributed by atoms with Gasteiger partial charge in [0.25, 0.3) is 0 Å². The number of benzene rings is 1. The molecule has 0 heterocycles. The Hall–Kier alpha value is -1.30. The largest absolute Gasteiger partial charge is 0.0984 e. The molecule has 0 aliphatic carbocycles. The summed E-state index contributed by atoms with van der Waals surface area (Å²) >= 11 is 0. The monoisotopic (exact) mass is 147 g/mol. The molecule has 1 radical (unpaired) electrons. The number of hydrogen-bond donors (Lipinski definition) is 0. The lowest BCUT2D eigenvalue weighted by Crippen LogP contribution is -1.76. The minimum absolute atomic E-state index is 0.354. The van der Waals surface area contributed by atoms with Gasteiger partial charge in [0.1, 0.15) is 0 Å². The van der Waals surface area contributed by atoms with Crippen LogP contribution in [0.3, 0.4) is 0 Å². The van der Waals surface area contributed by atoms with Gasteiger partial charge in [0.15, 0.2) is 0 Å². The molecule has 0 N–H and O–H groups in total. The van der Waals surface area contributed by atoms with Crippen LogP contribution in [0.2, 0.25) is 0 Å². The Balaban J connectivity index is 3.83. The topological polar surface area (TPSA) is 0 Å². The van der Waals surface area contributed by atoms with Crippen LogP contribution >= 0.6 is 0 Å². The van der Waals surface area contributed by atoms with Crippen molar-refractivity contribution in [2.45, 2.75) is 0 Å². The Bertz CT molecular complexity index is 577. The zero-order valence-electron chi connectivity index (χ0n) is 14.0. The highest BCUT2D eigenvalue weighted by molar-refractivity contribution is 5.62. The van der Waals surface area contributed by atoms with Crippen molar-refractivity contribution in [2.75, 3.05) is 0 Å². The fraction of sp³-hybridized carbons (Fsp3) is 0. The number of hydrogen-bond acceptors (Lipinski definition) is 0. The summed E-state index contributed by atoms with van der Waals surface area (Å²) in [5, 5.41) is 0. The minimum atomic E-state index is -0.926. The van der Waals surface area contributed by atoms with E-state index in [1.165, 1.54) is 0 Å². The molecular formula is C10H9. The summed E-state index contributed by atoms with van der Waals surface area (Å²) in [7, 11) is 0. The van der Waals surface area contributed by atoms with Crippen molar-refractivity contribution in [3.8, 4) is 0 Å². The molecule has 0 aliphatic rings. The van der Waals surface area contributed by atoms with Gasteiger partial charge in [0.2, 0.25) is 0 Å². The third-order valence-corrected chi connectivity index (χ3v) is 0.938. The number of rotatable bonds is 2. The second kappa shape index (κ2) is 3.02. The van der Waals surface area contributed by atoms with Gasteiger partial charge >= 0.3 is 0 Å². The molecular weight excluding hydrogens is 120 g/mol. The van der Waals surface area contributed by atoms with Crippen LogP contribution in [0.1, 0.15) is 23.5 Å². The Morgan fingerprint density at radius 3 is 3.40 bits per heavy atom. The van der Waals surface area contributed by atoms with Crippen LogP contribution in [0.25, 0.3) is 12.1 Å². The highest BCUT2D eigenvalue weighted by atomic mass is 13.9. The van der Waals surface area contributed by atoms with E-state index in [1.54, 1.807) is 0 Å². The third-order valence-electron chi connectivity index (χ3n) is 0.938. The molecule has 0 unspecified atom stereocenters. The fourth-order valence-electron chi connectivity index (χ4n) is 0.500. The first-order valence-electron chi connectivity index (χ1n) is 7.00. The van der Waals surface area contributed by atoms with E-state index in [2.05, 4.69) is 6.07 Å². The van der Waals surface area contributed by atoms with Crippen molar-refractivity contribution >= 4 is 12.1 Å². The third kappa shape index (κ3) is 1.16. The average Bonchev–Trinajstić information content (AvgIpc) is 2.33. The SMILES string of the molecule is [3H]C([3H])=C([3H])c1[c]c([3H])c([3H])c([3H])c1C([3H])=C([3H])[3H]. The van der Waals surface area contributed by atoms with Crippen molar-refractivity contribution in [1.29, 1.82) is 0 Å². The molecule has 0 heteroatoms. The van der Waals surface area contributed by atoms with E-state index in [4.69, 9.17) is 12.3 Å². The molecule has 0 saturated heterocycles. The first kappa shape index (κ1) is 1.65. The highest BCUT2D eigenvalue weighted by Gasteiger charge is 1.90. The first-order chi connectivity index (χ1) is 8.68. The predicted molar refractivity (Wildman–Crippen MR) is 45.5 cm³/mol. The normalized spacial score (nSPS) is 20.6. The molecule has 49 valence electrons. The van der Waals surface area contributed by atoms with E-state index in [-0.39, 0.29) is 5.56 Å². The van der Waals surface area contributed by atoms with Crippen LogP contribution in [0.4, 0.5) is 0 Å². The van der Waals surface area contributed by atoms with E-state index in [1.807, 2.05) is 0 Å². The van der Waals surface area contributed by atoms with Gasteiger partial charge in [-0.05, 0) is 17.2 Å². The average molecular weight is 147 g/mol. The van der Waals surface area contributed by atoms with Crippen molar-refractivity contribution < 1.29 is 12.3 Å². The molecule has 0 saturated carbocycles. The van der Waals surface area contributed by atoms with Crippen LogP contribution < -0.4 is 0 Å². The molecule has 1 rings (SSSR count). The molecule has 0 aliphatic heterocycles. The lowest BCUT2D eigenvalue weighted by molar-refractivity contribution is 1.60. The Morgan fingerprint density at radius 2 is 2.60 bits per heavy atom. The summed E-state index contributed by atoms with van der Waals surface area (Å²) < 4.78 is 65.9. The second-order valence-electron chi connectivity index (χ2n) is 1.50. The van der Waals surface area contributed by atoms with Gasteiger partial charge in [0.05, 0.1) is 12.3 Å². The van der Waals surface area contributed by atoms with Crippen LogP contribution in [-0.2, 0) is 0 Å². The van der Waals surface area contributed by atoms with Crippen molar-refractivity contribution in [2.24, 2.45) is 0 Å². The summed E-state index contributed by atoms with van der Waals surface area (Å²) in [6, 6.07) is -0.774. The van der Waals surface area contributed by atoms with Gasteiger partial charge in [-0.1, -0.05) is 43.3 Å². The fourth-order valence-corrected chi connectivity index (χ4v) is 0.500. The van der Waals surface area contributed by atoms with Gasteiger partial charge in [-0.25, -0.2) is 0 Å². The summed E-state index contributed by atoms with van der Waals surface area (Å²) in [4.78, 5) is 0. The smallest absolute Gasteiger partial charge is 0.0629 e. The van der Waals surface area contributed by atoms with Crippen molar-refractivity contribution in [3.63, 3.8) is 0 Å². The molecule has 0 amide bonds. The standard InChI is InChI=1S/C10H9/c1-3-9-7-5-6-8-10(9)4-2/h3-7H,1-2H2/i1T2,2T2,3T,4T,5T,6T,7T. The molecule has 0 aromatic heterocycles. The maximum Gasteiger partial charge on any atom is 0.0629 e. The predicted octanol–water partition coefficient (Wildman–Crippen LogP) is 2.77. The zero-order valence-corrected chi connectivity index (χ0v) is 5.00. The van der Waals surface area contributed by atoms with Crippen molar-refractivity contribution in [3.05, 3.63) is 48.4 Å². The Kier molecular flexibility index (Phi) is 0.497. The molecule has 0 fully saturated rings. The molecule has 0 spiro atoms. The van der Waals surface area contributed by atoms with E-state index >= 15 is 0 Å². The van der Waals surface area contributed by atoms with E-state index in [0.717, 1.165) is 0 Å². The maximum absolute atomic E-state index is 7.66. The van der Waals surface area contributed by atoms with Crippen LogP contribution in [-0.4, -0.2) is 0 Å². The lowest BCUT2D eigenvalue weighted by atomic mass is 10.1. The van der Waals surface area contributed by atoms with Gasteiger partial charge in [-0.15, -0.1) is 0 Å². The van der Waals surface area contributed by atoms with Crippen LogP contribution in [0, 0.1) is 6.07 Å². The summed E-state index contributed by atoms with van der Waals surface area (Å²) in [5.41, 5.74) is -0.754. The Morgan fingerprint density at radius 1 is 1.70 bits per heavy atom. The quantitative estimate of drug-likeness (QED) is 0.603. The molecule has 0 bridgehead atoms. The van der Waals surface area contributed by atoms with Crippen molar-refractivity contribution in [1.82, 2.24) is 0 Å². The molecule has 0 nitrogen and oxygen atoms in total. The maximum atomic E-state index is 7.66. The minimum Gasteiger partial charge on any atom is -0.0984 e. The van der Waals surface area contributed by atoms with Crippen LogP contribution in [0.5, 0.6) is 0 Å². The first-order valence-corrected chi connectivity index (χ1v) is 2.50. The second-order valence-corrected chi connectivity index (χ2v) is 1.50. The van der Waals surface area contributed by atoms with Gasteiger partial charge in [-0.3, -0.25) is 0 Å². The molecule has 0 atom stereocenters. The lowest BCUT2D eigenvalue weighted by Gasteiger charge is -1.95. The van der Waals surface area contributed by atoms with Crippen LogP contribution in [0.15, 0.2) is 31.2 Å². The molecule has 10 heavy (non-hydrogen) atoms. The summed E-state index contributed by atoms with van der Waals surface area (Å²) in [6.07, 6.45) is 0. The molecule has 1 aromatic carbocycles. The van der Waals surface area contributed by atoms with Gasteiger partial charge in [-0.2, -0.15) is 0 Å².